The second-order valence-corrected chi connectivity index (χ2v) is 11.1. The van der Waals surface area contributed by atoms with Crippen LogP contribution in [0.3, 0.4) is 0 Å². The van der Waals surface area contributed by atoms with Gasteiger partial charge in [0.1, 0.15) is 0 Å². The molecule has 12 heteroatoms. The largest absolute Gasteiger partial charge is 0.284 e. The van der Waals surface area contributed by atoms with Gasteiger partial charge in [0.05, 0.1) is 24.9 Å². The Morgan fingerprint density at radius 2 is 1.84 bits per heavy atom. The molecule has 0 unspecified atom stereocenters. The maximum Gasteiger partial charge on any atom is 0.284 e. The standard InChI is InChI=1S/C19H17N5O4S3/c25-24(26)15-12-13(31(27,28)22-10-4-1-5-11-22)8-9-17(15)30-19-21-20-18-23(19)14-6-2-3-7-16(14)29-18/h2-3,6-9,12H,1,4-5,10-11H2. The SMILES string of the molecule is O=[N+]([O-])c1cc(S(=O)(=O)N2CCCCC2)ccc1Sc1nnc2sc3ccccc3n12. The predicted octanol–water partition coefficient (Wildman–Crippen LogP) is 4.18. The van der Waals surface area contributed by atoms with Crippen molar-refractivity contribution in [3.05, 3.63) is 52.6 Å². The van der Waals surface area contributed by atoms with Gasteiger partial charge >= 0.3 is 0 Å². The fourth-order valence-corrected chi connectivity index (χ4v) is 7.15. The number of hydrogen-bond acceptors (Lipinski definition) is 8. The van der Waals surface area contributed by atoms with Crippen molar-refractivity contribution in [1.29, 1.82) is 0 Å². The minimum absolute atomic E-state index is 0.0576. The Labute approximate surface area is 185 Å². The molecule has 2 aromatic heterocycles. The molecule has 1 saturated heterocycles. The van der Waals surface area contributed by atoms with Crippen LogP contribution in [-0.4, -0.2) is 45.3 Å². The van der Waals surface area contributed by atoms with E-state index in [9.17, 15) is 18.5 Å². The number of rotatable bonds is 5. The van der Waals surface area contributed by atoms with Crippen LogP contribution < -0.4 is 0 Å². The Hall–Kier alpha value is -2.54. The van der Waals surface area contributed by atoms with Crippen LogP contribution in [0.5, 0.6) is 0 Å². The summed E-state index contributed by atoms with van der Waals surface area (Å²) in [7, 11) is -3.76. The van der Waals surface area contributed by atoms with Crippen LogP contribution in [0.1, 0.15) is 19.3 Å². The van der Waals surface area contributed by atoms with Gasteiger partial charge in [-0.1, -0.05) is 29.9 Å². The van der Waals surface area contributed by atoms with Gasteiger partial charge in [-0.3, -0.25) is 14.5 Å². The number of aromatic nitrogens is 3. The molecule has 0 aliphatic carbocycles. The molecule has 0 bridgehead atoms. The van der Waals surface area contributed by atoms with E-state index in [1.807, 2.05) is 28.7 Å². The summed E-state index contributed by atoms with van der Waals surface area (Å²) in [5.74, 6) is 0. The highest BCUT2D eigenvalue weighted by Gasteiger charge is 2.29. The molecule has 4 aromatic rings. The number of fused-ring (bicyclic) bond motifs is 3. The van der Waals surface area contributed by atoms with E-state index in [-0.39, 0.29) is 10.6 Å². The van der Waals surface area contributed by atoms with E-state index in [1.165, 1.54) is 27.8 Å². The van der Waals surface area contributed by atoms with Crippen molar-refractivity contribution in [2.75, 3.05) is 13.1 Å². The van der Waals surface area contributed by atoms with Gasteiger partial charge in [0.2, 0.25) is 20.1 Å². The molecule has 0 N–H and O–H groups in total. The molecule has 3 heterocycles. The third-order valence-electron chi connectivity index (χ3n) is 5.19. The first-order valence-corrected chi connectivity index (χ1v) is 12.7. The van der Waals surface area contributed by atoms with E-state index in [0.29, 0.717) is 28.1 Å². The molecule has 0 amide bonds. The Morgan fingerprint density at radius 3 is 2.61 bits per heavy atom. The lowest BCUT2D eigenvalue weighted by molar-refractivity contribution is -0.388. The summed E-state index contributed by atoms with van der Waals surface area (Å²) in [5, 5.41) is 20.6. The zero-order chi connectivity index (χ0) is 21.6. The van der Waals surface area contributed by atoms with E-state index in [2.05, 4.69) is 10.2 Å². The highest BCUT2D eigenvalue weighted by Crippen LogP contribution is 2.38. The average Bonchev–Trinajstić information content (AvgIpc) is 3.34. The number of benzene rings is 2. The number of piperidine rings is 1. The van der Waals surface area contributed by atoms with Crippen LogP contribution in [0.2, 0.25) is 0 Å². The fraction of sp³-hybridized carbons (Fsp3) is 0.263. The smallest absolute Gasteiger partial charge is 0.260 e. The van der Waals surface area contributed by atoms with E-state index in [1.54, 1.807) is 0 Å². The third-order valence-corrected chi connectivity index (χ3v) is 9.11. The summed E-state index contributed by atoms with van der Waals surface area (Å²) >= 11 is 2.58. The molecule has 5 rings (SSSR count). The summed E-state index contributed by atoms with van der Waals surface area (Å²) in [6.45, 7) is 0.880. The van der Waals surface area contributed by atoms with Crippen molar-refractivity contribution in [2.24, 2.45) is 0 Å². The summed E-state index contributed by atoms with van der Waals surface area (Å²) in [6.07, 6.45) is 2.59. The van der Waals surface area contributed by atoms with Crippen molar-refractivity contribution in [2.45, 2.75) is 34.2 Å². The number of para-hydroxylation sites is 1. The van der Waals surface area contributed by atoms with Crippen molar-refractivity contribution in [3.8, 4) is 0 Å². The van der Waals surface area contributed by atoms with Crippen molar-refractivity contribution >= 4 is 54.0 Å². The Kier molecular flexibility index (Phi) is 5.16. The molecule has 0 saturated carbocycles. The highest BCUT2D eigenvalue weighted by atomic mass is 32.2. The van der Waals surface area contributed by atoms with E-state index in [4.69, 9.17) is 0 Å². The number of nitro groups is 1. The second-order valence-electron chi connectivity index (χ2n) is 7.12. The molecular formula is C19H17N5O4S3. The normalized spacial score (nSPS) is 15.6. The van der Waals surface area contributed by atoms with Gasteiger partial charge < -0.3 is 0 Å². The number of nitro benzene ring substituents is 1. The minimum Gasteiger partial charge on any atom is -0.260 e. The Bertz CT molecular complexity index is 1410. The maximum atomic E-state index is 12.9. The quantitative estimate of drug-likeness (QED) is 0.314. The van der Waals surface area contributed by atoms with Gasteiger partial charge in [0, 0.05) is 19.2 Å². The first kappa shape index (κ1) is 20.4. The van der Waals surface area contributed by atoms with Gasteiger partial charge in [-0.15, -0.1) is 10.2 Å². The van der Waals surface area contributed by atoms with Crippen molar-refractivity contribution in [3.63, 3.8) is 0 Å². The summed E-state index contributed by atoms with van der Waals surface area (Å²) in [6, 6.07) is 11.8. The van der Waals surface area contributed by atoms with Gasteiger partial charge in [0.15, 0.2) is 0 Å². The fourth-order valence-electron chi connectivity index (χ4n) is 3.66. The first-order chi connectivity index (χ1) is 14.9. The molecule has 31 heavy (non-hydrogen) atoms. The molecule has 0 radical (unpaired) electrons. The summed E-state index contributed by atoms with van der Waals surface area (Å²) in [5.41, 5.74) is 0.654. The molecule has 2 aromatic carbocycles. The molecule has 1 fully saturated rings. The summed E-state index contributed by atoms with van der Waals surface area (Å²) < 4.78 is 30.2. The molecular weight excluding hydrogens is 458 g/mol. The molecule has 160 valence electrons. The van der Waals surface area contributed by atoms with Crippen LogP contribution in [0.4, 0.5) is 5.69 Å². The van der Waals surface area contributed by atoms with Crippen LogP contribution >= 0.6 is 23.1 Å². The molecule has 0 atom stereocenters. The lowest BCUT2D eigenvalue weighted by Gasteiger charge is -2.25. The Morgan fingerprint density at radius 1 is 1.06 bits per heavy atom. The van der Waals surface area contributed by atoms with Crippen LogP contribution in [0.15, 0.2) is 57.4 Å². The summed E-state index contributed by atoms with van der Waals surface area (Å²) in [4.78, 5) is 12.2. The zero-order valence-electron chi connectivity index (χ0n) is 16.2. The van der Waals surface area contributed by atoms with Crippen molar-refractivity contribution in [1.82, 2.24) is 18.9 Å². The first-order valence-electron chi connectivity index (χ1n) is 9.64. The minimum atomic E-state index is -3.76. The van der Waals surface area contributed by atoms with E-state index in [0.717, 1.165) is 47.3 Å². The van der Waals surface area contributed by atoms with Gasteiger partial charge in [-0.2, -0.15) is 4.31 Å². The maximum absolute atomic E-state index is 12.9. The number of sulfonamides is 1. The van der Waals surface area contributed by atoms with Crippen LogP contribution in [0.25, 0.3) is 15.2 Å². The van der Waals surface area contributed by atoms with Gasteiger partial charge in [0.25, 0.3) is 5.69 Å². The third kappa shape index (κ3) is 3.59. The van der Waals surface area contributed by atoms with E-state index < -0.39 is 14.9 Å². The van der Waals surface area contributed by atoms with Crippen LogP contribution in [0, 0.1) is 10.1 Å². The molecule has 1 aliphatic heterocycles. The topological polar surface area (TPSA) is 111 Å². The van der Waals surface area contributed by atoms with E-state index >= 15 is 0 Å². The monoisotopic (exact) mass is 475 g/mol. The molecule has 0 spiro atoms. The van der Waals surface area contributed by atoms with Crippen LogP contribution in [-0.2, 0) is 10.0 Å². The average molecular weight is 476 g/mol. The lowest BCUT2D eigenvalue weighted by atomic mass is 10.2. The number of thiazole rings is 1. The zero-order valence-corrected chi connectivity index (χ0v) is 18.6. The van der Waals surface area contributed by atoms with Crippen molar-refractivity contribution < 1.29 is 13.3 Å². The predicted molar refractivity (Wildman–Crippen MR) is 118 cm³/mol. The Balaban J connectivity index is 1.54. The second kappa shape index (κ2) is 7.86. The number of hydrogen-bond donors (Lipinski definition) is 0. The van der Waals surface area contributed by atoms with Gasteiger partial charge in [-0.05, 0) is 48.9 Å². The van der Waals surface area contributed by atoms with Gasteiger partial charge in [-0.25, -0.2) is 8.42 Å². The molecule has 9 nitrogen and oxygen atoms in total. The number of nitrogens with zero attached hydrogens (tertiary/aromatic N) is 5. The molecule has 1 aliphatic rings. The highest BCUT2D eigenvalue weighted by molar-refractivity contribution is 7.99. The lowest BCUT2D eigenvalue weighted by Crippen LogP contribution is -2.35.